The SMILES string of the molecule is CC(C)(C)[Si](C)(C)O[C@H]1CCCO[C@H]1CCO. The molecule has 1 aliphatic rings. The van der Waals surface area contributed by atoms with E-state index in [4.69, 9.17) is 14.3 Å². The van der Waals surface area contributed by atoms with Gasteiger partial charge < -0.3 is 14.3 Å². The minimum Gasteiger partial charge on any atom is -0.411 e. The van der Waals surface area contributed by atoms with Gasteiger partial charge in [-0.15, -0.1) is 0 Å². The van der Waals surface area contributed by atoms with Crippen molar-refractivity contribution in [2.75, 3.05) is 13.2 Å². The van der Waals surface area contributed by atoms with Crippen LogP contribution in [0.1, 0.15) is 40.0 Å². The lowest BCUT2D eigenvalue weighted by Gasteiger charge is -2.42. The second-order valence-electron chi connectivity index (χ2n) is 6.48. The van der Waals surface area contributed by atoms with Gasteiger partial charge in [0, 0.05) is 13.2 Å². The molecule has 0 amide bonds. The highest BCUT2D eigenvalue weighted by Gasteiger charge is 2.41. The van der Waals surface area contributed by atoms with E-state index < -0.39 is 8.32 Å². The molecule has 1 N–H and O–H groups in total. The summed E-state index contributed by atoms with van der Waals surface area (Å²) in [5.74, 6) is 0. The maximum atomic E-state index is 9.07. The molecule has 3 nitrogen and oxygen atoms in total. The van der Waals surface area contributed by atoms with Gasteiger partial charge in [-0.3, -0.25) is 0 Å². The van der Waals surface area contributed by atoms with Gasteiger partial charge in [0.25, 0.3) is 0 Å². The molecule has 0 spiro atoms. The van der Waals surface area contributed by atoms with Crippen molar-refractivity contribution in [3.8, 4) is 0 Å². The maximum Gasteiger partial charge on any atom is 0.192 e. The molecule has 0 aromatic rings. The molecule has 1 rings (SSSR count). The van der Waals surface area contributed by atoms with E-state index in [2.05, 4.69) is 33.9 Å². The van der Waals surface area contributed by atoms with Crippen LogP contribution in [0.4, 0.5) is 0 Å². The van der Waals surface area contributed by atoms with Gasteiger partial charge in [-0.05, 0) is 37.4 Å². The summed E-state index contributed by atoms with van der Waals surface area (Å²) in [6, 6.07) is 0. The van der Waals surface area contributed by atoms with E-state index in [9.17, 15) is 0 Å². The number of aliphatic hydroxyl groups is 1. The van der Waals surface area contributed by atoms with Crippen LogP contribution in [-0.4, -0.2) is 38.8 Å². The summed E-state index contributed by atoms with van der Waals surface area (Å²) >= 11 is 0. The van der Waals surface area contributed by atoms with Crippen LogP contribution in [0.2, 0.25) is 18.1 Å². The Morgan fingerprint density at radius 1 is 1.35 bits per heavy atom. The first-order valence-electron chi connectivity index (χ1n) is 6.68. The molecule has 0 bridgehead atoms. The van der Waals surface area contributed by atoms with Crippen molar-refractivity contribution in [1.29, 1.82) is 0 Å². The summed E-state index contributed by atoms with van der Waals surface area (Å²) in [6.07, 6.45) is 3.09. The van der Waals surface area contributed by atoms with Crippen LogP contribution in [0, 0.1) is 0 Å². The summed E-state index contributed by atoms with van der Waals surface area (Å²) in [4.78, 5) is 0. The number of ether oxygens (including phenoxy) is 1. The second kappa shape index (κ2) is 5.82. The summed E-state index contributed by atoms with van der Waals surface area (Å²) < 4.78 is 12.1. The first-order chi connectivity index (χ1) is 7.78. The highest BCUT2D eigenvalue weighted by Crippen LogP contribution is 2.39. The Labute approximate surface area is 107 Å². The first kappa shape index (κ1) is 15.2. The van der Waals surface area contributed by atoms with E-state index in [1.165, 1.54) is 0 Å². The standard InChI is InChI=1S/C13H28O3Si/c1-13(2,3)17(4,5)16-12-7-6-10-15-11(12)8-9-14/h11-12,14H,6-10H2,1-5H3/t11-,12-/m0/s1. The third-order valence-electron chi connectivity index (χ3n) is 4.05. The smallest absolute Gasteiger partial charge is 0.192 e. The zero-order valence-corrected chi connectivity index (χ0v) is 13.0. The average molecular weight is 260 g/mol. The van der Waals surface area contributed by atoms with Crippen molar-refractivity contribution >= 4 is 8.32 Å². The average Bonchev–Trinajstić information content (AvgIpc) is 2.19. The van der Waals surface area contributed by atoms with E-state index in [-0.39, 0.29) is 23.9 Å². The molecule has 17 heavy (non-hydrogen) atoms. The monoisotopic (exact) mass is 260 g/mol. The zero-order chi connectivity index (χ0) is 13.1. The van der Waals surface area contributed by atoms with Crippen LogP contribution in [-0.2, 0) is 9.16 Å². The van der Waals surface area contributed by atoms with Crippen LogP contribution in [0.3, 0.4) is 0 Å². The number of hydrogen-bond donors (Lipinski definition) is 1. The fraction of sp³-hybridized carbons (Fsp3) is 1.00. The van der Waals surface area contributed by atoms with E-state index >= 15 is 0 Å². The lowest BCUT2D eigenvalue weighted by atomic mass is 10.0. The van der Waals surface area contributed by atoms with Gasteiger partial charge in [-0.2, -0.15) is 0 Å². The highest BCUT2D eigenvalue weighted by atomic mass is 28.4. The van der Waals surface area contributed by atoms with Gasteiger partial charge in [0.1, 0.15) is 0 Å². The fourth-order valence-electron chi connectivity index (χ4n) is 1.90. The van der Waals surface area contributed by atoms with Crippen molar-refractivity contribution < 1.29 is 14.3 Å². The van der Waals surface area contributed by atoms with E-state index in [1.54, 1.807) is 0 Å². The Kier molecular flexibility index (Phi) is 5.19. The lowest BCUT2D eigenvalue weighted by molar-refractivity contribution is -0.0758. The summed E-state index contributed by atoms with van der Waals surface area (Å²) in [5.41, 5.74) is 0. The van der Waals surface area contributed by atoms with Gasteiger partial charge in [0.15, 0.2) is 8.32 Å². The topological polar surface area (TPSA) is 38.7 Å². The van der Waals surface area contributed by atoms with Crippen molar-refractivity contribution in [2.24, 2.45) is 0 Å². The molecule has 0 saturated carbocycles. The second-order valence-corrected chi connectivity index (χ2v) is 11.2. The number of aliphatic hydroxyl groups excluding tert-OH is 1. The van der Waals surface area contributed by atoms with Crippen LogP contribution in [0.5, 0.6) is 0 Å². The Bertz CT molecular complexity index is 233. The molecular weight excluding hydrogens is 232 g/mol. The number of hydrogen-bond acceptors (Lipinski definition) is 3. The molecule has 4 heteroatoms. The quantitative estimate of drug-likeness (QED) is 0.790. The third-order valence-corrected chi connectivity index (χ3v) is 8.55. The van der Waals surface area contributed by atoms with Crippen LogP contribution >= 0.6 is 0 Å². The molecule has 2 atom stereocenters. The maximum absolute atomic E-state index is 9.07. The molecule has 0 aromatic carbocycles. The van der Waals surface area contributed by atoms with Gasteiger partial charge >= 0.3 is 0 Å². The molecule has 0 aromatic heterocycles. The Morgan fingerprint density at radius 3 is 2.53 bits per heavy atom. The van der Waals surface area contributed by atoms with E-state index in [0.29, 0.717) is 6.42 Å². The fourth-order valence-corrected chi connectivity index (χ4v) is 3.28. The molecule has 1 fully saturated rings. The molecule has 0 aliphatic carbocycles. The van der Waals surface area contributed by atoms with Crippen LogP contribution in [0.25, 0.3) is 0 Å². The van der Waals surface area contributed by atoms with E-state index in [1.807, 2.05) is 0 Å². The van der Waals surface area contributed by atoms with Crippen molar-refractivity contribution in [3.63, 3.8) is 0 Å². The van der Waals surface area contributed by atoms with Crippen LogP contribution in [0.15, 0.2) is 0 Å². The van der Waals surface area contributed by atoms with Crippen molar-refractivity contribution in [1.82, 2.24) is 0 Å². The zero-order valence-electron chi connectivity index (χ0n) is 12.0. The minimum atomic E-state index is -1.72. The Hall–Kier alpha value is 0.0969. The predicted molar refractivity (Wildman–Crippen MR) is 72.7 cm³/mol. The normalized spacial score (nSPS) is 27.2. The third kappa shape index (κ3) is 4.05. The van der Waals surface area contributed by atoms with Gasteiger partial charge in [-0.1, -0.05) is 20.8 Å². The van der Waals surface area contributed by atoms with Gasteiger partial charge in [0.05, 0.1) is 12.2 Å². The molecule has 0 unspecified atom stereocenters. The van der Waals surface area contributed by atoms with Crippen molar-refractivity contribution in [2.45, 2.75) is 70.4 Å². The molecule has 1 saturated heterocycles. The summed E-state index contributed by atoms with van der Waals surface area (Å²) in [5, 5.41) is 9.30. The molecule has 1 aliphatic heterocycles. The summed E-state index contributed by atoms with van der Waals surface area (Å²) in [7, 11) is -1.72. The molecular formula is C13H28O3Si. The molecule has 0 radical (unpaired) electrons. The van der Waals surface area contributed by atoms with Crippen LogP contribution < -0.4 is 0 Å². The molecule has 1 heterocycles. The van der Waals surface area contributed by atoms with Gasteiger partial charge in [-0.25, -0.2) is 0 Å². The summed E-state index contributed by atoms with van der Waals surface area (Å²) in [6.45, 7) is 12.3. The van der Waals surface area contributed by atoms with Crippen molar-refractivity contribution in [3.05, 3.63) is 0 Å². The molecule has 102 valence electrons. The van der Waals surface area contributed by atoms with E-state index in [0.717, 1.165) is 19.4 Å². The largest absolute Gasteiger partial charge is 0.411 e. The minimum absolute atomic E-state index is 0.0860. The lowest BCUT2D eigenvalue weighted by Crippen LogP contribution is -2.49. The Balaban J connectivity index is 2.64. The highest BCUT2D eigenvalue weighted by molar-refractivity contribution is 6.74. The van der Waals surface area contributed by atoms with Gasteiger partial charge in [0.2, 0.25) is 0 Å². The predicted octanol–water partition coefficient (Wildman–Crippen LogP) is 2.94. The Morgan fingerprint density at radius 2 is 2.00 bits per heavy atom. The number of rotatable bonds is 4. The first-order valence-corrected chi connectivity index (χ1v) is 9.59.